The molecule has 0 spiro atoms. The first kappa shape index (κ1) is 13.4. The third-order valence-corrected chi connectivity index (χ3v) is 2.67. The van der Waals surface area contributed by atoms with Crippen molar-refractivity contribution in [3.8, 4) is 0 Å². The lowest BCUT2D eigenvalue weighted by atomic mass is 10.1. The highest BCUT2D eigenvalue weighted by Crippen LogP contribution is 2.26. The lowest BCUT2D eigenvalue weighted by Crippen LogP contribution is -2.32. The minimum atomic E-state index is -0.925. The fourth-order valence-corrected chi connectivity index (χ4v) is 1.82. The van der Waals surface area contributed by atoms with E-state index >= 15 is 0 Å². The summed E-state index contributed by atoms with van der Waals surface area (Å²) in [5.41, 5.74) is 7.63. The van der Waals surface area contributed by atoms with Crippen LogP contribution in [0.4, 0.5) is 11.4 Å². The molecule has 4 nitrogen and oxygen atoms in total. The summed E-state index contributed by atoms with van der Waals surface area (Å²) >= 11 is 0. The zero-order chi connectivity index (χ0) is 13.0. The fourth-order valence-electron chi connectivity index (χ4n) is 1.82. The Labute approximate surface area is 102 Å². The van der Waals surface area contributed by atoms with Crippen LogP contribution < -0.4 is 10.6 Å². The van der Waals surface area contributed by atoms with E-state index in [0.717, 1.165) is 18.7 Å². The highest BCUT2D eigenvalue weighted by atomic mass is 16.4. The Morgan fingerprint density at radius 3 is 2.59 bits per heavy atom. The van der Waals surface area contributed by atoms with Gasteiger partial charge in [0.05, 0.1) is 16.9 Å². The number of carboxylic acid groups (broad SMARTS) is 1. The van der Waals surface area contributed by atoms with E-state index in [2.05, 4.69) is 25.7 Å². The van der Waals surface area contributed by atoms with Crippen LogP contribution in [0.15, 0.2) is 18.2 Å². The van der Waals surface area contributed by atoms with Gasteiger partial charge in [0.25, 0.3) is 0 Å². The van der Waals surface area contributed by atoms with Crippen LogP contribution in [0.1, 0.15) is 37.6 Å². The number of benzene rings is 1. The molecule has 0 amide bonds. The molecule has 17 heavy (non-hydrogen) atoms. The molecule has 0 atom stereocenters. The lowest BCUT2D eigenvalue weighted by molar-refractivity contribution is 0.0697. The van der Waals surface area contributed by atoms with Crippen molar-refractivity contribution < 1.29 is 9.90 Å². The van der Waals surface area contributed by atoms with Gasteiger partial charge in [-0.3, -0.25) is 0 Å². The van der Waals surface area contributed by atoms with Crippen LogP contribution >= 0.6 is 0 Å². The maximum atomic E-state index is 11.0. The summed E-state index contributed by atoms with van der Waals surface area (Å²) in [6, 6.07) is 5.13. The van der Waals surface area contributed by atoms with Crippen molar-refractivity contribution >= 4 is 17.3 Å². The molecular formula is C13H20N2O2. The Morgan fingerprint density at radius 2 is 2.12 bits per heavy atom. The van der Waals surface area contributed by atoms with Crippen molar-refractivity contribution in [1.29, 1.82) is 0 Å². The fraction of sp³-hybridized carbons (Fsp3) is 0.462. The molecule has 0 aliphatic heterocycles. The largest absolute Gasteiger partial charge is 0.478 e. The monoisotopic (exact) mass is 236 g/mol. The van der Waals surface area contributed by atoms with E-state index in [-0.39, 0.29) is 5.56 Å². The topological polar surface area (TPSA) is 66.6 Å². The quantitative estimate of drug-likeness (QED) is 0.771. The Bertz CT molecular complexity index is 402. The molecule has 4 heteroatoms. The molecular weight excluding hydrogens is 216 g/mol. The standard InChI is InChI=1S/C13H20N2O2/c1-4-7-15(9(2)3)12-8-10(13(16)17)5-6-11(12)14/h5-6,8-9H,4,7,14H2,1-3H3,(H,16,17). The zero-order valence-electron chi connectivity index (χ0n) is 10.6. The first-order valence-corrected chi connectivity index (χ1v) is 5.86. The molecule has 0 aliphatic rings. The van der Waals surface area contributed by atoms with E-state index in [4.69, 9.17) is 10.8 Å². The van der Waals surface area contributed by atoms with Gasteiger partial charge in [0.2, 0.25) is 0 Å². The molecule has 1 aromatic carbocycles. The maximum absolute atomic E-state index is 11.0. The summed E-state index contributed by atoms with van der Waals surface area (Å²) in [4.78, 5) is 13.1. The molecule has 0 aliphatic carbocycles. The molecule has 0 unspecified atom stereocenters. The normalized spacial score (nSPS) is 10.6. The molecule has 0 bridgehead atoms. The van der Waals surface area contributed by atoms with E-state index < -0.39 is 5.97 Å². The summed E-state index contributed by atoms with van der Waals surface area (Å²) in [5.74, 6) is -0.925. The highest BCUT2D eigenvalue weighted by Gasteiger charge is 2.14. The van der Waals surface area contributed by atoms with Gasteiger partial charge in [0.1, 0.15) is 0 Å². The predicted molar refractivity (Wildman–Crippen MR) is 70.6 cm³/mol. The summed E-state index contributed by atoms with van der Waals surface area (Å²) in [6.45, 7) is 7.10. The molecule has 0 radical (unpaired) electrons. The summed E-state index contributed by atoms with van der Waals surface area (Å²) in [7, 11) is 0. The van der Waals surface area contributed by atoms with Crippen molar-refractivity contribution in [1.82, 2.24) is 0 Å². The third-order valence-electron chi connectivity index (χ3n) is 2.67. The second kappa shape index (κ2) is 5.57. The van der Waals surface area contributed by atoms with Gasteiger partial charge in [0.15, 0.2) is 0 Å². The van der Waals surface area contributed by atoms with Crippen LogP contribution in [0.25, 0.3) is 0 Å². The van der Waals surface area contributed by atoms with Gasteiger partial charge in [-0.2, -0.15) is 0 Å². The first-order valence-electron chi connectivity index (χ1n) is 5.86. The predicted octanol–water partition coefficient (Wildman–Crippen LogP) is 2.59. The van der Waals surface area contributed by atoms with E-state index in [9.17, 15) is 4.79 Å². The summed E-state index contributed by atoms with van der Waals surface area (Å²) in [5, 5.41) is 8.99. The molecule has 0 aromatic heterocycles. The van der Waals surface area contributed by atoms with E-state index in [1.54, 1.807) is 12.1 Å². The van der Waals surface area contributed by atoms with Crippen LogP contribution in [0.2, 0.25) is 0 Å². The van der Waals surface area contributed by atoms with Crippen molar-refractivity contribution in [3.05, 3.63) is 23.8 Å². The third kappa shape index (κ3) is 3.12. The molecule has 1 aromatic rings. The van der Waals surface area contributed by atoms with Gasteiger partial charge in [-0.1, -0.05) is 6.92 Å². The number of nitrogens with zero attached hydrogens (tertiary/aromatic N) is 1. The molecule has 0 saturated heterocycles. The van der Waals surface area contributed by atoms with Crippen molar-refractivity contribution in [2.24, 2.45) is 0 Å². The summed E-state index contributed by atoms with van der Waals surface area (Å²) < 4.78 is 0. The Balaban J connectivity index is 3.16. The Morgan fingerprint density at radius 1 is 1.47 bits per heavy atom. The zero-order valence-corrected chi connectivity index (χ0v) is 10.6. The molecule has 0 saturated carbocycles. The number of carbonyl (C=O) groups is 1. The maximum Gasteiger partial charge on any atom is 0.335 e. The van der Waals surface area contributed by atoms with Gasteiger partial charge in [0, 0.05) is 12.6 Å². The average molecular weight is 236 g/mol. The number of rotatable bonds is 5. The van der Waals surface area contributed by atoms with Crippen LogP contribution in [0.5, 0.6) is 0 Å². The summed E-state index contributed by atoms with van der Waals surface area (Å²) in [6.07, 6.45) is 0.995. The number of nitrogens with two attached hydrogens (primary N) is 1. The molecule has 3 N–H and O–H groups in total. The second-order valence-corrected chi connectivity index (χ2v) is 4.37. The van der Waals surface area contributed by atoms with Gasteiger partial charge < -0.3 is 15.7 Å². The minimum Gasteiger partial charge on any atom is -0.478 e. The van der Waals surface area contributed by atoms with E-state index in [1.807, 2.05) is 0 Å². The number of aromatic carboxylic acids is 1. The number of anilines is 2. The van der Waals surface area contributed by atoms with Crippen LogP contribution in [-0.4, -0.2) is 23.7 Å². The van der Waals surface area contributed by atoms with Crippen molar-refractivity contribution in [2.45, 2.75) is 33.2 Å². The smallest absolute Gasteiger partial charge is 0.335 e. The van der Waals surface area contributed by atoms with Gasteiger partial charge in [-0.25, -0.2) is 4.79 Å². The van der Waals surface area contributed by atoms with Crippen LogP contribution in [0, 0.1) is 0 Å². The Hall–Kier alpha value is -1.71. The number of hydrogen-bond acceptors (Lipinski definition) is 3. The SMILES string of the molecule is CCCN(c1cc(C(=O)O)ccc1N)C(C)C. The van der Waals surface area contributed by atoms with Crippen molar-refractivity contribution in [3.63, 3.8) is 0 Å². The van der Waals surface area contributed by atoms with Gasteiger partial charge >= 0.3 is 5.97 Å². The average Bonchev–Trinajstić information content (AvgIpc) is 2.26. The number of carboxylic acids is 1. The molecule has 0 heterocycles. The van der Waals surface area contributed by atoms with Gasteiger partial charge in [-0.15, -0.1) is 0 Å². The van der Waals surface area contributed by atoms with E-state index in [0.29, 0.717) is 11.7 Å². The molecule has 0 fully saturated rings. The minimum absolute atomic E-state index is 0.274. The molecule has 1 rings (SSSR count). The van der Waals surface area contributed by atoms with Crippen molar-refractivity contribution in [2.75, 3.05) is 17.2 Å². The second-order valence-electron chi connectivity index (χ2n) is 4.37. The van der Waals surface area contributed by atoms with Crippen LogP contribution in [0.3, 0.4) is 0 Å². The molecule has 94 valence electrons. The van der Waals surface area contributed by atoms with E-state index in [1.165, 1.54) is 6.07 Å². The Kier molecular flexibility index (Phi) is 4.37. The first-order chi connectivity index (χ1) is 7.97. The lowest BCUT2D eigenvalue weighted by Gasteiger charge is -2.30. The highest BCUT2D eigenvalue weighted by molar-refractivity contribution is 5.90. The van der Waals surface area contributed by atoms with Crippen LogP contribution in [-0.2, 0) is 0 Å². The number of nitrogen functional groups attached to an aromatic ring is 1. The number of hydrogen-bond donors (Lipinski definition) is 2. The van der Waals surface area contributed by atoms with Gasteiger partial charge in [-0.05, 0) is 38.5 Å².